The molecule has 6 heteroatoms. The Labute approximate surface area is 176 Å². The molecule has 0 amide bonds. The van der Waals surface area contributed by atoms with Crippen LogP contribution in [0.1, 0.15) is 43.4 Å². The summed E-state index contributed by atoms with van der Waals surface area (Å²) in [6, 6.07) is 8.29. The van der Waals surface area contributed by atoms with Crippen molar-refractivity contribution in [1.29, 1.82) is 0 Å². The van der Waals surface area contributed by atoms with Crippen LogP contribution in [0.2, 0.25) is 0 Å². The number of carbonyl (C=O) groups is 1. The van der Waals surface area contributed by atoms with Gasteiger partial charge in [0.2, 0.25) is 5.75 Å². The number of carbonyl (C=O) groups excluding carboxylic acids is 1. The summed E-state index contributed by atoms with van der Waals surface area (Å²) in [7, 11) is 4.86. The van der Waals surface area contributed by atoms with E-state index in [1.165, 1.54) is 0 Å². The number of hydrogen-bond donors (Lipinski definition) is 0. The molecule has 0 saturated heterocycles. The maximum atomic E-state index is 12.3. The van der Waals surface area contributed by atoms with Gasteiger partial charge < -0.3 is 18.9 Å². The van der Waals surface area contributed by atoms with Crippen molar-refractivity contribution in [3.63, 3.8) is 0 Å². The van der Waals surface area contributed by atoms with E-state index in [9.17, 15) is 4.79 Å². The van der Waals surface area contributed by atoms with Crippen molar-refractivity contribution in [2.45, 2.75) is 43.6 Å². The molecule has 0 radical (unpaired) electrons. The fraction of sp³-hybridized carbons (Fsp3) is 0.435. The van der Waals surface area contributed by atoms with E-state index in [0.717, 1.165) is 40.0 Å². The maximum Gasteiger partial charge on any atom is 0.306 e. The molecular formula is C23H28O5S. The number of aryl methyl sites for hydroxylation is 1. The first-order valence-corrected chi connectivity index (χ1v) is 11.0. The molecule has 0 aromatic heterocycles. The number of ether oxygens (including phenoxy) is 4. The lowest BCUT2D eigenvalue weighted by atomic mass is 9.94. The third-order valence-electron chi connectivity index (χ3n) is 5.19. The van der Waals surface area contributed by atoms with Crippen LogP contribution >= 0.6 is 11.8 Å². The van der Waals surface area contributed by atoms with Crippen LogP contribution in [-0.2, 0) is 16.0 Å². The van der Waals surface area contributed by atoms with Crippen LogP contribution in [-0.4, -0.2) is 33.6 Å². The quantitative estimate of drug-likeness (QED) is 0.443. The van der Waals surface area contributed by atoms with Crippen LogP contribution in [0.25, 0.3) is 11.1 Å². The number of fused-ring (bicyclic) bond motifs is 3. The van der Waals surface area contributed by atoms with E-state index in [0.29, 0.717) is 30.1 Å². The predicted octanol–water partition coefficient (Wildman–Crippen LogP) is 5.43. The fourth-order valence-electron chi connectivity index (χ4n) is 3.85. The molecule has 0 spiro atoms. The highest BCUT2D eigenvalue weighted by Crippen LogP contribution is 2.51. The van der Waals surface area contributed by atoms with Crippen molar-refractivity contribution in [1.82, 2.24) is 0 Å². The average molecular weight is 417 g/mol. The summed E-state index contributed by atoms with van der Waals surface area (Å²) < 4.78 is 22.8. The summed E-state index contributed by atoms with van der Waals surface area (Å²) in [6.07, 6.45) is 4.37. The molecule has 2 aromatic carbocycles. The van der Waals surface area contributed by atoms with Gasteiger partial charge in [0, 0.05) is 22.4 Å². The number of esters is 1. The Morgan fingerprint density at radius 1 is 1.10 bits per heavy atom. The van der Waals surface area contributed by atoms with E-state index in [1.807, 2.05) is 19.2 Å². The number of rotatable bonds is 7. The Morgan fingerprint density at radius 3 is 2.48 bits per heavy atom. The van der Waals surface area contributed by atoms with Gasteiger partial charge in [-0.05, 0) is 54.8 Å². The molecule has 0 heterocycles. The van der Waals surface area contributed by atoms with Crippen LogP contribution in [0, 0.1) is 0 Å². The molecule has 3 rings (SSSR count). The number of methoxy groups -OCH3 is 3. The topological polar surface area (TPSA) is 54.0 Å². The van der Waals surface area contributed by atoms with Gasteiger partial charge in [0.15, 0.2) is 11.5 Å². The Hall–Kier alpha value is -2.34. The monoisotopic (exact) mass is 416 g/mol. The summed E-state index contributed by atoms with van der Waals surface area (Å²) in [5, 5.41) is 0. The van der Waals surface area contributed by atoms with Gasteiger partial charge in [-0.15, -0.1) is 11.8 Å². The van der Waals surface area contributed by atoms with Gasteiger partial charge in [-0.3, -0.25) is 4.79 Å². The smallest absolute Gasteiger partial charge is 0.306 e. The third-order valence-corrected chi connectivity index (χ3v) is 5.92. The van der Waals surface area contributed by atoms with Gasteiger partial charge in [-0.2, -0.15) is 0 Å². The zero-order chi connectivity index (χ0) is 21.0. The first-order valence-electron chi connectivity index (χ1n) is 9.77. The average Bonchev–Trinajstić information content (AvgIpc) is 2.89. The van der Waals surface area contributed by atoms with Crippen LogP contribution < -0.4 is 14.2 Å². The molecule has 1 aliphatic rings. The molecule has 0 fully saturated rings. The second-order valence-corrected chi connectivity index (χ2v) is 7.78. The molecule has 29 heavy (non-hydrogen) atoms. The van der Waals surface area contributed by atoms with Gasteiger partial charge in [0.1, 0.15) is 6.10 Å². The van der Waals surface area contributed by atoms with E-state index in [-0.39, 0.29) is 12.1 Å². The zero-order valence-corrected chi connectivity index (χ0v) is 18.5. The summed E-state index contributed by atoms with van der Waals surface area (Å²) >= 11 is 1.67. The standard InChI is InChI=1S/C23H28O5S/c1-6-7-20(24)28-18-11-8-14-12-19(25-2)22(26-3)23(27-4)21(14)16-10-9-15(29-5)13-17(16)18/h9-10,12-13,18H,6-8,11H2,1-5H3/t18-/m0/s1. The normalized spacial score (nSPS) is 15.0. The third kappa shape index (κ3) is 4.17. The summed E-state index contributed by atoms with van der Waals surface area (Å²) in [5.74, 6) is 1.67. The molecule has 1 aliphatic carbocycles. The number of thioether (sulfide) groups is 1. The Balaban J connectivity index is 2.22. The van der Waals surface area contributed by atoms with E-state index < -0.39 is 0 Å². The van der Waals surface area contributed by atoms with Gasteiger partial charge >= 0.3 is 5.97 Å². The number of benzene rings is 2. The number of hydrogen-bond acceptors (Lipinski definition) is 6. The lowest BCUT2D eigenvalue weighted by molar-refractivity contribution is -0.149. The summed E-state index contributed by atoms with van der Waals surface area (Å²) in [5.41, 5.74) is 4.07. The van der Waals surface area contributed by atoms with Gasteiger partial charge in [0.25, 0.3) is 0 Å². The second kappa shape index (κ2) is 9.44. The molecule has 0 aliphatic heterocycles. The van der Waals surface area contributed by atoms with E-state index in [1.54, 1.807) is 33.1 Å². The van der Waals surface area contributed by atoms with Crippen molar-refractivity contribution in [2.24, 2.45) is 0 Å². The lowest BCUT2D eigenvalue weighted by Crippen LogP contribution is -2.12. The zero-order valence-electron chi connectivity index (χ0n) is 17.7. The van der Waals surface area contributed by atoms with Crippen molar-refractivity contribution < 1.29 is 23.7 Å². The Bertz CT molecular complexity index is 893. The first kappa shape index (κ1) is 21.4. The van der Waals surface area contributed by atoms with Crippen molar-refractivity contribution >= 4 is 17.7 Å². The van der Waals surface area contributed by atoms with Gasteiger partial charge in [0.05, 0.1) is 21.3 Å². The van der Waals surface area contributed by atoms with Crippen LogP contribution in [0.3, 0.4) is 0 Å². The minimum absolute atomic E-state index is 0.161. The predicted molar refractivity (Wildman–Crippen MR) is 115 cm³/mol. The maximum absolute atomic E-state index is 12.3. The van der Waals surface area contributed by atoms with Crippen molar-refractivity contribution in [3.8, 4) is 28.4 Å². The summed E-state index contributed by atoms with van der Waals surface area (Å²) in [4.78, 5) is 13.4. The molecular weight excluding hydrogens is 388 g/mol. The first-order chi connectivity index (χ1) is 14.1. The van der Waals surface area contributed by atoms with E-state index in [2.05, 4.69) is 18.2 Å². The Morgan fingerprint density at radius 2 is 1.86 bits per heavy atom. The molecule has 1 atom stereocenters. The molecule has 2 aromatic rings. The van der Waals surface area contributed by atoms with Gasteiger partial charge in [-0.25, -0.2) is 0 Å². The lowest BCUT2D eigenvalue weighted by Gasteiger charge is -2.21. The van der Waals surface area contributed by atoms with E-state index >= 15 is 0 Å². The molecule has 5 nitrogen and oxygen atoms in total. The minimum atomic E-state index is -0.301. The molecule has 0 N–H and O–H groups in total. The largest absolute Gasteiger partial charge is 0.493 e. The summed E-state index contributed by atoms with van der Waals surface area (Å²) in [6.45, 7) is 1.98. The van der Waals surface area contributed by atoms with E-state index in [4.69, 9.17) is 18.9 Å². The Kier molecular flexibility index (Phi) is 6.96. The highest BCUT2D eigenvalue weighted by Gasteiger charge is 2.30. The molecule has 0 saturated carbocycles. The molecule has 0 bridgehead atoms. The van der Waals surface area contributed by atoms with Crippen molar-refractivity contribution in [2.75, 3.05) is 27.6 Å². The molecule has 156 valence electrons. The highest BCUT2D eigenvalue weighted by atomic mass is 32.2. The second-order valence-electron chi connectivity index (χ2n) is 6.90. The van der Waals surface area contributed by atoms with Crippen LogP contribution in [0.5, 0.6) is 17.2 Å². The van der Waals surface area contributed by atoms with Crippen LogP contribution in [0.4, 0.5) is 0 Å². The van der Waals surface area contributed by atoms with Crippen molar-refractivity contribution in [3.05, 3.63) is 35.4 Å². The van der Waals surface area contributed by atoms with Gasteiger partial charge in [-0.1, -0.05) is 13.0 Å². The SMILES string of the molecule is CCCC(=O)O[C@H]1CCc2cc(OC)c(OC)c(OC)c2-c2ccc(SC)cc21. The fourth-order valence-corrected chi connectivity index (χ4v) is 4.30. The molecule has 0 unspecified atom stereocenters. The van der Waals surface area contributed by atoms with Crippen LogP contribution in [0.15, 0.2) is 29.2 Å². The minimum Gasteiger partial charge on any atom is -0.493 e. The highest BCUT2D eigenvalue weighted by molar-refractivity contribution is 7.98.